The Hall–Kier alpha value is -3.31. The normalized spacial score (nSPS) is 11.2. The molecule has 0 aliphatic rings. The second kappa shape index (κ2) is 8.15. The molecule has 0 radical (unpaired) electrons. The van der Waals surface area contributed by atoms with Crippen LogP contribution in [-0.2, 0) is 23.2 Å². The number of ether oxygens (including phenoxy) is 1. The largest absolute Gasteiger partial charge is 0.486 e. The van der Waals surface area contributed by atoms with Gasteiger partial charge >= 0.3 is 0 Å². The number of carbonyl (C=O) groups excluding carboxylic acids is 1. The molecule has 0 aliphatic carbocycles. The molecule has 1 aromatic heterocycles. The fraction of sp³-hybridized carbons (Fsp3) is 0.176. The zero-order chi connectivity index (χ0) is 20.1. The number of nitrogens with one attached hydrogen (secondary N) is 1. The van der Waals surface area contributed by atoms with E-state index in [9.17, 15) is 13.2 Å². The Morgan fingerprint density at radius 3 is 2.64 bits per heavy atom. The molecule has 1 heterocycles. The molecule has 10 nitrogen and oxygen atoms in total. The van der Waals surface area contributed by atoms with E-state index in [1.807, 2.05) is 6.92 Å². The van der Waals surface area contributed by atoms with Gasteiger partial charge in [-0.1, -0.05) is 6.07 Å². The summed E-state index contributed by atoms with van der Waals surface area (Å²) >= 11 is 0. The fourth-order valence-electron chi connectivity index (χ4n) is 2.38. The maximum Gasteiger partial charge on any atom is 0.255 e. The molecule has 0 atom stereocenters. The molecule has 28 heavy (non-hydrogen) atoms. The quantitative estimate of drug-likeness (QED) is 0.604. The minimum absolute atomic E-state index is 0.0321. The maximum atomic E-state index is 12.4. The number of primary sulfonamides is 1. The number of rotatable bonds is 7. The summed E-state index contributed by atoms with van der Waals surface area (Å²) in [5, 5.41) is 19.0. The van der Waals surface area contributed by atoms with Crippen LogP contribution in [0.4, 0.5) is 5.69 Å². The Balaban J connectivity index is 1.66. The first kappa shape index (κ1) is 19.5. The van der Waals surface area contributed by atoms with Gasteiger partial charge in [-0.05, 0) is 59.8 Å². The highest BCUT2D eigenvalue weighted by Crippen LogP contribution is 2.17. The predicted molar refractivity (Wildman–Crippen MR) is 100 cm³/mol. The van der Waals surface area contributed by atoms with E-state index in [0.717, 1.165) is 0 Å². The number of sulfonamides is 1. The van der Waals surface area contributed by atoms with Crippen molar-refractivity contribution in [2.75, 3.05) is 5.32 Å². The lowest BCUT2D eigenvalue weighted by Crippen LogP contribution is -2.14. The van der Waals surface area contributed by atoms with Crippen molar-refractivity contribution in [2.45, 2.75) is 25.0 Å². The Morgan fingerprint density at radius 1 is 1.21 bits per heavy atom. The molecule has 0 saturated heterocycles. The number of hydrogen-bond acceptors (Lipinski definition) is 7. The van der Waals surface area contributed by atoms with Crippen LogP contribution in [0.2, 0.25) is 0 Å². The van der Waals surface area contributed by atoms with E-state index < -0.39 is 10.0 Å². The average molecular weight is 402 g/mol. The summed E-state index contributed by atoms with van der Waals surface area (Å²) < 4.78 is 29.8. The molecule has 3 aromatic rings. The van der Waals surface area contributed by atoms with Crippen LogP contribution in [0.15, 0.2) is 53.4 Å². The van der Waals surface area contributed by atoms with E-state index in [4.69, 9.17) is 9.88 Å². The number of benzene rings is 2. The van der Waals surface area contributed by atoms with Crippen molar-refractivity contribution >= 4 is 21.6 Å². The van der Waals surface area contributed by atoms with Crippen molar-refractivity contribution in [2.24, 2.45) is 5.14 Å². The Kier molecular flexibility index (Phi) is 5.66. The summed E-state index contributed by atoms with van der Waals surface area (Å²) in [6.45, 7) is 2.71. The average Bonchev–Trinajstić information content (AvgIpc) is 3.14. The van der Waals surface area contributed by atoms with Gasteiger partial charge in [0.2, 0.25) is 10.0 Å². The van der Waals surface area contributed by atoms with Crippen molar-refractivity contribution < 1.29 is 17.9 Å². The number of amides is 1. The van der Waals surface area contributed by atoms with Gasteiger partial charge < -0.3 is 10.1 Å². The monoisotopic (exact) mass is 402 g/mol. The first-order valence-corrected chi connectivity index (χ1v) is 9.83. The molecular formula is C17H18N6O4S. The summed E-state index contributed by atoms with van der Waals surface area (Å²) in [5.41, 5.74) is 0.814. The third-order valence-electron chi connectivity index (χ3n) is 3.81. The molecule has 3 rings (SSSR count). The van der Waals surface area contributed by atoms with Crippen LogP contribution < -0.4 is 15.2 Å². The predicted octanol–water partition coefficient (Wildman–Crippen LogP) is 1.17. The first-order chi connectivity index (χ1) is 13.4. The molecule has 0 fully saturated rings. The highest BCUT2D eigenvalue weighted by atomic mass is 32.2. The number of hydrogen-bond donors (Lipinski definition) is 2. The zero-order valence-electron chi connectivity index (χ0n) is 14.9. The van der Waals surface area contributed by atoms with Crippen molar-refractivity contribution in [1.29, 1.82) is 0 Å². The molecule has 0 spiro atoms. The van der Waals surface area contributed by atoms with Gasteiger partial charge in [0, 0.05) is 17.8 Å². The van der Waals surface area contributed by atoms with Gasteiger partial charge in [-0.2, -0.15) is 0 Å². The number of aromatic nitrogens is 4. The molecule has 11 heteroatoms. The molecule has 0 unspecified atom stereocenters. The number of aryl methyl sites for hydroxylation is 1. The number of nitrogens with zero attached hydrogens (tertiary/aromatic N) is 4. The zero-order valence-corrected chi connectivity index (χ0v) is 15.8. The van der Waals surface area contributed by atoms with Crippen molar-refractivity contribution in [3.63, 3.8) is 0 Å². The smallest absolute Gasteiger partial charge is 0.255 e. The SMILES string of the molecule is CCn1nnnc1COc1cccc(C(=O)Nc2ccc(S(N)(=O)=O)cc2)c1. The fourth-order valence-corrected chi connectivity index (χ4v) is 2.89. The molecule has 3 N–H and O–H groups in total. The van der Waals surface area contributed by atoms with E-state index in [1.54, 1.807) is 28.9 Å². The molecule has 1 amide bonds. The summed E-state index contributed by atoms with van der Waals surface area (Å²) in [7, 11) is -3.78. The standard InChI is InChI=1S/C17H18N6O4S/c1-2-23-16(20-21-22-23)11-27-14-5-3-4-12(10-14)17(24)19-13-6-8-15(9-7-13)28(18,25)26/h3-10H,2,11H2,1H3,(H,19,24)(H2,18,25,26). The van der Waals surface area contributed by atoms with Crippen LogP contribution in [-0.4, -0.2) is 34.5 Å². The van der Waals surface area contributed by atoms with Gasteiger partial charge in [0.1, 0.15) is 12.4 Å². The second-order valence-electron chi connectivity index (χ2n) is 5.75. The van der Waals surface area contributed by atoms with E-state index in [0.29, 0.717) is 29.4 Å². The van der Waals surface area contributed by atoms with Crippen LogP contribution in [0, 0.1) is 0 Å². The van der Waals surface area contributed by atoms with Crippen LogP contribution >= 0.6 is 0 Å². The first-order valence-electron chi connectivity index (χ1n) is 8.29. The lowest BCUT2D eigenvalue weighted by molar-refractivity contribution is 0.102. The van der Waals surface area contributed by atoms with Gasteiger partial charge in [-0.25, -0.2) is 18.2 Å². The van der Waals surface area contributed by atoms with E-state index in [-0.39, 0.29) is 17.4 Å². The lowest BCUT2D eigenvalue weighted by atomic mass is 10.2. The highest BCUT2D eigenvalue weighted by molar-refractivity contribution is 7.89. The van der Waals surface area contributed by atoms with Gasteiger partial charge in [0.05, 0.1) is 4.90 Å². The van der Waals surface area contributed by atoms with E-state index in [2.05, 4.69) is 20.8 Å². The number of carbonyl (C=O) groups is 1. The molecule has 0 aliphatic heterocycles. The van der Waals surface area contributed by atoms with Gasteiger partial charge in [0.15, 0.2) is 5.82 Å². The van der Waals surface area contributed by atoms with Gasteiger partial charge in [-0.15, -0.1) is 5.10 Å². The highest BCUT2D eigenvalue weighted by Gasteiger charge is 2.11. The Morgan fingerprint density at radius 2 is 1.96 bits per heavy atom. The Bertz CT molecular complexity index is 1080. The molecule has 146 valence electrons. The minimum Gasteiger partial charge on any atom is -0.486 e. The van der Waals surface area contributed by atoms with Crippen molar-refractivity contribution in [3.8, 4) is 5.75 Å². The topological polar surface area (TPSA) is 142 Å². The van der Waals surface area contributed by atoms with E-state index in [1.165, 1.54) is 24.3 Å². The summed E-state index contributed by atoms with van der Waals surface area (Å²) in [6, 6.07) is 12.2. The van der Waals surface area contributed by atoms with Gasteiger partial charge in [0.25, 0.3) is 5.91 Å². The van der Waals surface area contributed by atoms with Gasteiger partial charge in [-0.3, -0.25) is 4.79 Å². The van der Waals surface area contributed by atoms with Crippen LogP contribution in [0.3, 0.4) is 0 Å². The second-order valence-corrected chi connectivity index (χ2v) is 7.31. The van der Waals surface area contributed by atoms with Crippen LogP contribution in [0.1, 0.15) is 23.1 Å². The summed E-state index contributed by atoms with van der Waals surface area (Å²) in [6.07, 6.45) is 0. The Labute approximate surface area is 161 Å². The van der Waals surface area contributed by atoms with E-state index >= 15 is 0 Å². The summed E-state index contributed by atoms with van der Waals surface area (Å²) in [4.78, 5) is 12.4. The van der Waals surface area contributed by atoms with Crippen molar-refractivity contribution in [3.05, 3.63) is 59.9 Å². The third-order valence-corrected chi connectivity index (χ3v) is 4.74. The summed E-state index contributed by atoms with van der Waals surface area (Å²) in [5.74, 6) is 0.697. The molecule has 0 bridgehead atoms. The maximum absolute atomic E-state index is 12.4. The molecular weight excluding hydrogens is 384 g/mol. The number of tetrazole rings is 1. The van der Waals surface area contributed by atoms with Crippen LogP contribution in [0.25, 0.3) is 0 Å². The molecule has 2 aromatic carbocycles. The van der Waals surface area contributed by atoms with Crippen LogP contribution in [0.5, 0.6) is 5.75 Å². The minimum atomic E-state index is -3.78. The number of nitrogens with two attached hydrogens (primary N) is 1. The molecule has 0 saturated carbocycles. The third kappa shape index (κ3) is 4.69. The number of anilines is 1. The lowest BCUT2D eigenvalue weighted by Gasteiger charge is -2.09. The van der Waals surface area contributed by atoms with Crippen molar-refractivity contribution in [1.82, 2.24) is 20.2 Å².